The average molecular weight is 833 g/mol. The van der Waals surface area contributed by atoms with E-state index < -0.39 is 102 Å². The maximum Gasteiger partial charge on any atom is 0.246 e. The normalized spacial score (nSPS) is 16.8. The van der Waals surface area contributed by atoms with E-state index in [2.05, 4.69) is 26.6 Å². The third-order valence-electron chi connectivity index (χ3n) is 9.54. The van der Waals surface area contributed by atoms with E-state index in [9.17, 15) is 43.2 Å². The molecule has 0 aliphatic carbocycles. The van der Waals surface area contributed by atoms with Crippen LogP contribution in [0.25, 0.3) is 0 Å². The monoisotopic (exact) mass is 832 g/mol. The van der Waals surface area contributed by atoms with Gasteiger partial charge in [0.25, 0.3) is 0 Å². The number of primary amides is 3. The van der Waals surface area contributed by atoms with E-state index in [1.54, 1.807) is 6.92 Å². The summed E-state index contributed by atoms with van der Waals surface area (Å²) in [7, 11) is 0. The SMILES string of the molecule is CCC(C)[C@H](N)C(=O)N[C@@H](CCC(N)=O)C(=O)N[C@@H](CC(N)=O)C(=O)N[C@@H](CSCc1ccccc1)C(=O)N1CCC[C@H]1C(=O)N[C@@H](CC(C)C)C(=O)NCC(N)=O. The third kappa shape index (κ3) is 16.7. The molecule has 1 aromatic rings. The predicted octanol–water partition coefficient (Wildman–Crippen LogP) is -1.99. The maximum atomic E-state index is 14.3. The van der Waals surface area contributed by atoms with Crippen LogP contribution in [-0.4, -0.2) is 113 Å². The van der Waals surface area contributed by atoms with Gasteiger partial charge in [0.15, 0.2) is 0 Å². The molecule has 7 atom stereocenters. The van der Waals surface area contributed by atoms with Gasteiger partial charge in [-0.25, -0.2) is 0 Å². The van der Waals surface area contributed by atoms with E-state index in [-0.39, 0.29) is 49.8 Å². The fourth-order valence-electron chi connectivity index (χ4n) is 6.11. The first-order valence-corrected chi connectivity index (χ1v) is 20.5. The van der Waals surface area contributed by atoms with Crippen LogP contribution in [0.2, 0.25) is 0 Å². The van der Waals surface area contributed by atoms with Gasteiger partial charge in [0.2, 0.25) is 53.2 Å². The van der Waals surface area contributed by atoms with Gasteiger partial charge in [-0.1, -0.05) is 64.4 Å². The number of carbonyl (C=O) groups excluding carboxylic acids is 9. The Morgan fingerprint density at radius 1 is 0.776 bits per heavy atom. The van der Waals surface area contributed by atoms with Crippen LogP contribution in [0.5, 0.6) is 0 Å². The molecule has 1 aliphatic rings. The molecular weight excluding hydrogens is 773 g/mol. The summed E-state index contributed by atoms with van der Waals surface area (Å²) < 4.78 is 0. The van der Waals surface area contributed by atoms with E-state index in [1.165, 1.54) is 16.7 Å². The minimum atomic E-state index is -1.62. The molecule has 322 valence electrons. The topological polar surface area (TPSA) is 321 Å². The lowest BCUT2D eigenvalue weighted by Crippen LogP contribution is -2.60. The van der Waals surface area contributed by atoms with E-state index in [4.69, 9.17) is 22.9 Å². The quantitative estimate of drug-likeness (QED) is 0.0520. The highest BCUT2D eigenvalue weighted by Crippen LogP contribution is 2.22. The Morgan fingerprint density at radius 3 is 1.98 bits per heavy atom. The summed E-state index contributed by atoms with van der Waals surface area (Å²) in [4.78, 5) is 118. The second-order valence-electron chi connectivity index (χ2n) is 14.8. The van der Waals surface area contributed by atoms with Crippen molar-refractivity contribution in [2.75, 3.05) is 18.8 Å². The van der Waals surface area contributed by atoms with Crippen molar-refractivity contribution in [2.24, 2.45) is 34.8 Å². The molecule has 1 heterocycles. The number of nitrogens with one attached hydrogen (secondary N) is 5. The molecule has 1 fully saturated rings. The first-order valence-electron chi connectivity index (χ1n) is 19.4. The standard InChI is InChI=1S/C38H60N10O9S/c1-5-22(4)32(42)37(56)44-24(13-14-29(39)49)34(53)45-26(17-30(40)50)35(54)47-27(20-58-19-23-10-7-6-8-11-23)38(57)48-15-9-12-28(48)36(55)46-25(16-21(2)3)33(52)43-18-31(41)51/h6-8,10-11,21-22,24-28,32H,5,9,12-20,42H2,1-4H3,(H2,39,49)(H2,40,50)(H2,41,51)(H,43,52)(H,44,56)(H,45,53)(H,46,55)(H,47,54)/t22?,24-,25-,26-,27-,28-,32-/m0/s1. The van der Waals surface area contributed by atoms with Gasteiger partial charge in [0.1, 0.15) is 30.2 Å². The number of carbonyl (C=O) groups is 9. The van der Waals surface area contributed by atoms with E-state index >= 15 is 0 Å². The van der Waals surface area contributed by atoms with Gasteiger partial charge in [0.05, 0.1) is 19.0 Å². The van der Waals surface area contributed by atoms with E-state index in [1.807, 2.05) is 51.1 Å². The van der Waals surface area contributed by atoms with Crippen LogP contribution in [0.4, 0.5) is 0 Å². The van der Waals surface area contributed by atoms with Gasteiger partial charge in [0, 0.05) is 24.5 Å². The summed E-state index contributed by atoms with van der Waals surface area (Å²) >= 11 is 1.31. The van der Waals surface area contributed by atoms with Gasteiger partial charge in [-0.05, 0) is 43.1 Å². The molecule has 13 N–H and O–H groups in total. The van der Waals surface area contributed by atoms with Crippen LogP contribution < -0.4 is 49.5 Å². The Bertz CT molecular complexity index is 1620. The summed E-state index contributed by atoms with van der Waals surface area (Å²) in [5, 5.41) is 12.7. The fraction of sp³-hybridized carbons (Fsp3) is 0.605. The van der Waals surface area contributed by atoms with Gasteiger partial charge in [-0.2, -0.15) is 11.8 Å². The molecule has 1 saturated heterocycles. The Labute approximate surface area is 343 Å². The molecule has 1 aliphatic heterocycles. The molecule has 20 heteroatoms. The molecule has 1 aromatic carbocycles. The molecule has 9 amide bonds. The number of rotatable bonds is 25. The highest BCUT2D eigenvalue weighted by Gasteiger charge is 2.40. The van der Waals surface area contributed by atoms with Crippen molar-refractivity contribution >= 4 is 64.9 Å². The molecule has 2 rings (SSSR count). The van der Waals surface area contributed by atoms with Crippen molar-refractivity contribution in [3.05, 3.63) is 35.9 Å². The van der Waals surface area contributed by atoms with Crippen LogP contribution in [0.15, 0.2) is 30.3 Å². The Hall–Kier alpha value is -5.24. The van der Waals surface area contributed by atoms with Gasteiger partial charge in [-0.15, -0.1) is 0 Å². The highest BCUT2D eigenvalue weighted by molar-refractivity contribution is 7.98. The summed E-state index contributed by atoms with van der Waals surface area (Å²) in [6.45, 7) is 7.00. The lowest BCUT2D eigenvalue weighted by molar-refractivity contribution is -0.142. The fourth-order valence-corrected chi connectivity index (χ4v) is 7.11. The van der Waals surface area contributed by atoms with Crippen molar-refractivity contribution in [3.8, 4) is 0 Å². The van der Waals surface area contributed by atoms with Crippen molar-refractivity contribution in [1.82, 2.24) is 31.5 Å². The number of nitrogens with zero attached hydrogens (tertiary/aromatic N) is 1. The van der Waals surface area contributed by atoms with Gasteiger partial charge >= 0.3 is 0 Å². The largest absolute Gasteiger partial charge is 0.370 e. The summed E-state index contributed by atoms with van der Waals surface area (Å²) in [6, 6.07) is 2.03. The number of benzene rings is 1. The average Bonchev–Trinajstić information content (AvgIpc) is 3.67. The Balaban J connectivity index is 2.37. The number of hydrogen-bond donors (Lipinski definition) is 9. The van der Waals surface area contributed by atoms with Crippen molar-refractivity contribution in [1.29, 1.82) is 0 Å². The van der Waals surface area contributed by atoms with Crippen LogP contribution in [0.3, 0.4) is 0 Å². The smallest absolute Gasteiger partial charge is 0.246 e. The number of likely N-dealkylation sites (tertiary alicyclic amines) is 1. The van der Waals surface area contributed by atoms with Crippen molar-refractivity contribution < 1.29 is 43.2 Å². The second-order valence-corrected chi connectivity index (χ2v) is 15.9. The zero-order valence-corrected chi connectivity index (χ0v) is 34.4. The van der Waals surface area contributed by atoms with Gasteiger partial charge in [-0.3, -0.25) is 43.2 Å². The number of nitrogens with two attached hydrogens (primary N) is 4. The molecule has 1 unspecified atom stereocenters. The van der Waals surface area contributed by atoms with Crippen LogP contribution >= 0.6 is 11.8 Å². The minimum Gasteiger partial charge on any atom is -0.370 e. The molecule has 0 saturated carbocycles. The first-order chi connectivity index (χ1) is 27.3. The highest BCUT2D eigenvalue weighted by atomic mass is 32.2. The Kier molecular flexibility index (Phi) is 20.7. The molecule has 0 aromatic heterocycles. The summed E-state index contributed by atoms with van der Waals surface area (Å²) in [6.07, 6.45) is 0.244. The minimum absolute atomic E-state index is 0.0117. The molecule has 58 heavy (non-hydrogen) atoms. The maximum absolute atomic E-state index is 14.3. The Morgan fingerprint density at radius 2 is 1.40 bits per heavy atom. The van der Waals surface area contributed by atoms with Crippen molar-refractivity contribution in [2.45, 2.75) is 115 Å². The molecule has 0 spiro atoms. The van der Waals surface area contributed by atoms with Crippen LogP contribution in [0, 0.1) is 11.8 Å². The van der Waals surface area contributed by atoms with Crippen LogP contribution in [0.1, 0.15) is 78.2 Å². The lowest BCUT2D eigenvalue weighted by atomic mass is 9.98. The summed E-state index contributed by atoms with van der Waals surface area (Å²) in [5.41, 5.74) is 22.9. The van der Waals surface area contributed by atoms with E-state index in [0.717, 1.165) is 5.56 Å². The zero-order valence-electron chi connectivity index (χ0n) is 33.6. The molecular formula is C38H60N10O9S. The van der Waals surface area contributed by atoms with Gasteiger partial charge < -0.3 is 54.4 Å². The first kappa shape index (κ1) is 48.9. The number of hydrogen-bond acceptors (Lipinski definition) is 11. The molecule has 0 bridgehead atoms. The summed E-state index contributed by atoms with van der Waals surface area (Å²) in [5.74, 6) is -6.71. The predicted molar refractivity (Wildman–Crippen MR) is 216 cm³/mol. The third-order valence-corrected chi connectivity index (χ3v) is 10.6. The lowest BCUT2D eigenvalue weighted by Gasteiger charge is -2.31. The second kappa shape index (κ2) is 24.5. The zero-order chi connectivity index (χ0) is 43.5. The van der Waals surface area contributed by atoms with E-state index in [0.29, 0.717) is 18.6 Å². The number of thioether (sulfide) groups is 1. The van der Waals surface area contributed by atoms with Crippen LogP contribution in [-0.2, 0) is 48.9 Å². The van der Waals surface area contributed by atoms with Crippen molar-refractivity contribution in [3.63, 3.8) is 0 Å². The molecule has 19 nitrogen and oxygen atoms in total. The molecule has 0 radical (unpaired) electrons. The number of amides is 9.